The van der Waals surface area contributed by atoms with E-state index in [2.05, 4.69) is 49.8 Å². The summed E-state index contributed by atoms with van der Waals surface area (Å²) in [6, 6.07) is 12.6. The number of thiazole rings is 1. The van der Waals surface area contributed by atoms with Crippen molar-refractivity contribution in [1.82, 2.24) is 9.97 Å². The van der Waals surface area contributed by atoms with Gasteiger partial charge in [0, 0.05) is 47.8 Å². The Morgan fingerprint density at radius 1 is 1.00 bits per heavy atom. The number of hydrogen-bond donors (Lipinski definition) is 1. The van der Waals surface area contributed by atoms with Crippen LogP contribution in [0.15, 0.2) is 54.2 Å². The number of nitrogens with zero attached hydrogens (tertiary/aromatic N) is 3. The second-order valence-corrected chi connectivity index (χ2v) is 6.86. The van der Waals surface area contributed by atoms with Gasteiger partial charge in [-0.15, -0.1) is 11.3 Å². The number of anilines is 3. The Hall–Kier alpha value is -2.40. The van der Waals surface area contributed by atoms with E-state index in [1.54, 1.807) is 17.5 Å². The summed E-state index contributed by atoms with van der Waals surface area (Å²) in [4.78, 5) is 11.3. The van der Waals surface area contributed by atoms with Crippen LogP contribution in [0, 0.1) is 0 Å². The largest absolute Gasteiger partial charge is 0.372 e. The van der Waals surface area contributed by atoms with E-state index in [4.69, 9.17) is 0 Å². The van der Waals surface area contributed by atoms with Gasteiger partial charge in [-0.05, 0) is 55.7 Å². The summed E-state index contributed by atoms with van der Waals surface area (Å²) in [6.07, 6.45) is 7.58. The lowest BCUT2D eigenvalue weighted by Gasteiger charge is -2.28. The highest BCUT2D eigenvalue weighted by atomic mass is 32.1. The lowest BCUT2D eigenvalue weighted by Crippen LogP contribution is -2.29. The average molecular weight is 336 g/mol. The van der Waals surface area contributed by atoms with Crippen LogP contribution in [0.1, 0.15) is 19.3 Å². The molecule has 5 heteroatoms. The molecule has 2 aromatic heterocycles. The highest BCUT2D eigenvalue weighted by Crippen LogP contribution is 2.28. The van der Waals surface area contributed by atoms with Gasteiger partial charge < -0.3 is 10.2 Å². The Morgan fingerprint density at radius 3 is 2.58 bits per heavy atom. The molecule has 0 aliphatic carbocycles. The average Bonchev–Trinajstić information content (AvgIpc) is 3.12. The van der Waals surface area contributed by atoms with Crippen molar-refractivity contribution in [1.29, 1.82) is 0 Å². The van der Waals surface area contributed by atoms with Crippen LogP contribution in [0.3, 0.4) is 0 Å². The standard InChI is InChI=1S/C19H20N4S/c1-2-11-23(12-3-1)17-8-6-16(7-9-17)21-19-22-18(14-24-19)15-5-4-10-20-13-15/h4-10,13-14H,1-3,11-12H2,(H,21,22). The molecule has 4 rings (SSSR count). The lowest BCUT2D eigenvalue weighted by atomic mass is 10.1. The van der Waals surface area contributed by atoms with Crippen molar-refractivity contribution in [3.63, 3.8) is 0 Å². The third kappa shape index (κ3) is 3.41. The quantitative estimate of drug-likeness (QED) is 0.733. The van der Waals surface area contributed by atoms with Crippen molar-refractivity contribution in [3.05, 3.63) is 54.2 Å². The van der Waals surface area contributed by atoms with Crippen LogP contribution in [-0.2, 0) is 0 Å². The maximum Gasteiger partial charge on any atom is 0.187 e. The molecule has 0 amide bonds. The Balaban J connectivity index is 1.45. The molecule has 3 heterocycles. The molecule has 122 valence electrons. The van der Waals surface area contributed by atoms with Gasteiger partial charge in [0.15, 0.2) is 5.13 Å². The smallest absolute Gasteiger partial charge is 0.187 e. The highest BCUT2D eigenvalue weighted by Gasteiger charge is 2.11. The zero-order chi connectivity index (χ0) is 16.2. The van der Waals surface area contributed by atoms with Crippen LogP contribution in [0.25, 0.3) is 11.3 Å². The lowest BCUT2D eigenvalue weighted by molar-refractivity contribution is 0.578. The Bertz CT molecular complexity index is 777. The molecule has 0 atom stereocenters. The summed E-state index contributed by atoms with van der Waals surface area (Å²) >= 11 is 1.61. The van der Waals surface area contributed by atoms with Gasteiger partial charge >= 0.3 is 0 Å². The number of nitrogens with one attached hydrogen (secondary N) is 1. The molecule has 3 aromatic rings. The van der Waals surface area contributed by atoms with E-state index in [0.29, 0.717) is 0 Å². The summed E-state index contributed by atoms with van der Waals surface area (Å²) in [5, 5.41) is 6.35. The van der Waals surface area contributed by atoms with Gasteiger partial charge in [0.1, 0.15) is 0 Å². The fraction of sp³-hybridized carbons (Fsp3) is 0.263. The van der Waals surface area contributed by atoms with Crippen molar-refractivity contribution < 1.29 is 0 Å². The number of hydrogen-bond acceptors (Lipinski definition) is 5. The molecule has 1 N–H and O–H groups in total. The number of benzene rings is 1. The fourth-order valence-electron chi connectivity index (χ4n) is 3.01. The van der Waals surface area contributed by atoms with E-state index < -0.39 is 0 Å². The SMILES string of the molecule is c1cncc(-c2csc(Nc3ccc(N4CCCCC4)cc3)n2)c1. The fourth-order valence-corrected chi connectivity index (χ4v) is 3.75. The third-order valence-corrected chi connectivity index (χ3v) is 5.06. The van der Waals surface area contributed by atoms with E-state index in [-0.39, 0.29) is 0 Å². The normalized spacial score (nSPS) is 14.6. The Kier molecular flexibility index (Phi) is 4.42. The number of piperidine rings is 1. The summed E-state index contributed by atoms with van der Waals surface area (Å²) in [5.41, 5.74) is 4.39. The minimum Gasteiger partial charge on any atom is -0.372 e. The molecule has 1 aromatic carbocycles. The summed E-state index contributed by atoms with van der Waals surface area (Å²) in [6.45, 7) is 2.35. The molecule has 0 spiro atoms. The first-order valence-corrected chi connectivity index (χ1v) is 9.24. The highest BCUT2D eigenvalue weighted by molar-refractivity contribution is 7.14. The van der Waals surface area contributed by atoms with E-state index in [0.717, 1.165) is 22.1 Å². The van der Waals surface area contributed by atoms with E-state index in [1.807, 2.05) is 18.3 Å². The van der Waals surface area contributed by atoms with Gasteiger partial charge in [-0.2, -0.15) is 0 Å². The molecule has 0 radical (unpaired) electrons. The predicted octanol–water partition coefficient (Wildman–Crippen LogP) is 4.94. The first-order valence-electron chi connectivity index (χ1n) is 8.36. The van der Waals surface area contributed by atoms with Crippen molar-refractivity contribution in [3.8, 4) is 11.3 Å². The molecule has 4 nitrogen and oxygen atoms in total. The van der Waals surface area contributed by atoms with Crippen LogP contribution in [-0.4, -0.2) is 23.1 Å². The van der Waals surface area contributed by atoms with Crippen LogP contribution in [0.5, 0.6) is 0 Å². The van der Waals surface area contributed by atoms with Crippen molar-refractivity contribution in [2.45, 2.75) is 19.3 Å². The zero-order valence-electron chi connectivity index (χ0n) is 13.5. The molecular formula is C19H20N4S. The van der Waals surface area contributed by atoms with Gasteiger partial charge in [0.25, 0.3) is 0 Å². The van der Waals surface area contributed by atoms with E-state index in [1.165, 1.54) is 38.0 Å². The first-order chi connectivity index (χ1) is 11.9. The van der Waals surface area contributed by atoms with E-state index >= 15 is 0 Å². The first kappa shape index (κ1) is 15.1. The molecule has 1 saturated heterocycles. The second-order valence-electron chi connectivity index (χ2n) is 6.00. The van der Waals surface area contributed by atoms with Crippen LogP contribution < -0.4 is 10.2 Å². The summed E-state index contributed by atoms with van der Waals surface area (Å²) < 4.78 is 0. The number of rotatable bonds is 4. The van der Waals surface area contributed by atoms with Crippen LogP contribution in [0.4, 0.5) is 16.5 Å². The van der Waals surface area contributed by atoms with Gasteiger partial charge in [0.05, 0.1) is 5.69 Å². The van der Waals surface area contributed by atoms with Gasteiger partial charge in [-0.3, -0.25) is 4.98 Å². The van der Waals surface area contributed by atoms with Crippen molar-refractivity contribution in [2.75, 3.05) is 23.3 Å². The summed E-state index contributed by atoms with van der Waals surface area (Å²) in [5.74, 6) is 0. The van der Waals surface area contributed by atoms with Crippen LogP contribution >= 0.6 is 11.3 Å². The molecule has 0 saturated carbocycles. The molecule has 1 aliphatic heterocycles. The Labute approximate surface area is 146 Å². The van der Waals surface area contributed by atoms with Gasteiger partial charge in [-0.25, -0.2) is 4.98 Å². The molecule has 1 aliphatic rings. The van der Waals surface area contributed by atoms with Gasteiger partial charge in [-0.1, -0.05) is 0 Å². The number of aromatic nitrogens is 2. The molecule has 1 fully saturated rings. The second kappa shape index (κ2) is 7.01. The van der Waals surface area contributed by atoms with Crippen molar-refractivity contribution >= 4 is 27.8 Å². The van der Waals surface area contributed by atoms with Crippen LogP contribution in [0.2, 0.25) is 0 Å². The maximum atomic E-state index is 4.65. The molecule has 24 heavy (non-hydrogen) atoms. The third-order valence-electron chi connectivity index (χ3n) is 4.30. The zero-order valence-corrected chi connectivity index (χ0v) is 14.3. The summed E-state index contributed by atoms with van der Waals surface area (Å²) in [7, 11) is 0. The molecule has 0 unspecified atom stereocenters. The van der Waals surface area contributed by atoms with Crippen molar-refractivity contribution in [2.24, 2.45) is 0 Å². The topological polar surface area (TPSA) is 41.1 Å². The maximum absolute atomic E-state index is 4.65. The molecule has 0 bridgehead atoms. The Morgan fingerprint density at radius 2 is 1.83 bits per heavy atom. The minimum absolute atomic E-state index is 0.902. The monoisotopic (exact) mass is 336 g/mol. The minimum atomic E-state index is 0.902. The predicted molar refractivity (Wildman–Crippen MR) is 101 cm³/mol. The van der Waals surface area contributed by atoms with E-state index in [9.17, 15) is 0 Å². The number of pyridine rings is 1. The van der Waals surface area contributed by atoms with Gasteiger partial charge in [0.2, 0.25) is 0 Å². The molecular weight excluding hydrogens is 316 g/mol.